The molecule has 1 aromatic heterocycles. The standard InChI is InChI=1S/C6H9N3O3/c1-3-2-9(12)8-5(3)4(7)6(10)11/h2,4,12H,7H2,1H3,(H,10,11)/t4-/m1/s1. The summed E-state index contributed by atoms with van der Waals surface area (Å²) in [7, 11) is 0. The maximum absolute atomic E-state index is 10.4. The highest BCUT2D eigenvalue weighted by atomic mass is 16.5. The Hall–Kier alpha value is -1.56. The van der Waals surface area contributed by atoms with Crippen LogP contribution in [0.1, 0.15) is 17.3 Å². The highest BCUT2D eigenvalue weighted by Gasteiger charge is 2.19. The van der Waals surface area contributed by atoms with Crippen LogP contribution in [0.4, 0.5) is 0 Å². The summed E-state index contributed by atoms with van der Waals surface area (Å²) in [5, 5.41) is 20.8. The van der Waals surface area contributed by atoms with E-state index in [0.717, 1.165) is 0 Å². The monoisotopic (exact) mass is 171 g/mol. The Kier molecular flexibility index (Phi) is 2.01. The summed E-state index contributed by atoms with van der Waals surface area (Å²) < 4.78 is 0. The second-order valence-corrected chi connectivity index (χ2v) is 2.43. The third-order valence-electron chi connectivity index (χ3n) is 1.48. The van der Waals surface area contributed by atoms with Gasteiger partial charge in [-0.3, -0.25) is 4.79 Å². The van der Waals surface area contributed by atoms with Crippen LogP contribution in [-0.4, -0.2) is 26.2 Å². The van der Waals surface area contributed by atoms with Crippen molar-refractivity contribution >= 4 is 5.97 Å². The lowest BCUT2D eigenvalue weighted by molar-refractivity contribution is -0.138. The molecule has 0 fully saturated rings. The third-order valence-corrected chi connectivity index (χ3v) is 1.48. The number of carboxylic acid groups (broad SMARTS) is 1. The second-order valence-electron chi connectivity index (χ2n) is 2.43. The fourth-order valence-electron chi connectivity index (χ4n) is 0.882. The largest absolute Gasteiger partial charge is 0.480 e. The minimum atomic E-state index is -1.18. The summed E-state index contributed by atoms with van der Waals surface area (Å²) in [5.41, 5.74) is 5.99. The van der Waals surface area contributed by atoms with Gasteiger partial charge in [-0.25, -0.2) is 0 Å². The van der Waals surface area contributed by atoms with Crippen molar-refractivity contribution in [1.29, 1.82) is 0 Å². The first-order valence-electron chi connectivity index (χ1n) is 3.26. The van der Waals surface area contributed by atoms with Crippen molar-refractivity contribution < 1.29 is 15.1 Å². The molecule has 0 aliphatic heterocycles. The van der Waals surface area contributed by atoms with Gasteiger partial charge in [0.2, 0.25) is 0 Å². The molecule has 12 heavy (non-hydrogen) atoms. The molecule has 0 saturated carbocycles. The lowest BCUT2D eigenvalue weighted by Gasteiger charge is -2.01. The van der Waals surface area contributed by atoms with Crippen LogP contribution in [-0.2, 0) is 4.79 Å². The molecule has 1 aromatic rings. The van der Waals surface area contributed by atoms with Gasteiger partial charge < -0.3 is 16.0 Å². The Morgan fingerprint density at radius 3 is 2.75 bits per heavy atom. The van der Waals surface area contributed by atoms with E-state index < -0.39 is 12.0 Å². The van der Waals surface area contributed by atoms with Gasteiger partial charge in [0.15, 0.2) is 0 Å². The molecule has 4 N–H and O–H groups in total. The van der Waals surface area contributed by atoms with Gasteiger partial charge in [-0.05, 0) is 12.5 Å². The van der Waals surface area contributed by atoms with Crippen molar-refractivity contribution in [3.63, 3.8) is 0 Å². The van der Waals surface area contributed by atoms with Crippen molar-refractivity contribution in [2.24, 2.45) is 5.73 Å². The van der Waals surface area contributed by atoms with Crippen LogP contribution in [0.15, 0.2) is 6.20 Å². The Labute approximate surface area is 68.2 Å². The normalized spacial score (nSPS) is 12.8. The van der Waals surface area contributed by atoms with Crippen LogP contribution in [0.3, 0.4) is 0 Å². The lowest BCUT2D eigenvalue weighted by Crippen LogP contribution is -2.22. The first kappa shape index (κ1) is 8.54. The topological polar surface area (TPSA) is 101 Å². The van der Waals surface area contributed by atoms with E-state index in [1.807, 2.05) is 0 Å². The molecule has 0 unspecified atom stereocenters. The second kappa shape index (κ2) is 2.82. The average Bonchev–Trinajstić information content (AvgIpc) is 2.28. The molecule has 0 aliphatic rings. The summed E-state index contributed by atoms with van der Waals surface area (Å²) in [4.78, 5) is 11.0. The Balaban J connectivity index is 3.02. The van der Waals surface area contributed by atoms with E-state index in [-0.39, 0.29) is 5.69 Å². The van der Waals surface area contributed by atoms with E-state index in [1.165, 1.54) is 6.20 Å². The number of rotatable bonds is 2. The van der Waals surface area contributed by atoms with Crippen LogP contribution in [0.2, 0.25) is 0 Å². The molecule has 1 rings (SSSR count). The summed E-state index contributed by atoms with van der Waals surface area (Å²) in [6.45, 7) is 1.62. The highest BCUT2D eigenvalue weighted by molar-refractivity contribution is 5.74. The van der Waals surface area contributed by atoms with Gasteiger partial charge in [0.05, 0.1) is 11.9 Å². The molecule has 0 amide bonds. The van der Waals surface area contributed by atoms with Crippen molar-refractivity contribution in [2.45, 2.75) is 13.0 Å². The summed E-state index contributed by atoms with van der Waals surface area (Å²) in [5.74, 6) is -1.17. The number of aryl methyl sites for hydroxylation is 1. The smallest absolute Gasteiger partial charge is 0.326 e. The van der Waals surface area contributed by atoms with Crippen molar-refractivity contribution in [3.8, 4) is 0 Å². The predicted octanol–water partition coefficient (Wildman–Crippen LogP) is -0.487. The number of hydrogen-bond acceptors (Lipinski definition) is 4. The lowest BCUT2D eigenvalue weighted by atomic mass is 10.1. The average molecular weight is 171 g/mol. The zero-order chi connectivity index (χ0) is 9.30. The number of carbonyl (C=O) groups is 1. The Morgan fingerprint density at radius 2 is 2.42 bits per heavy atom. The molecule has 0 aliphatic carbocycles. The van der Waals surface area contributed by atoms with Gasteiger partial charge in [0.1, 0.15) is 6.04 Å². The summed E-state index contributed by atoms with van der Waals surface area (Å²) in [6, 6.07) is -1.18. The molecule has 0 aromatic carbocycles. The molecule has 0 saturated heterocycles. The SMILES string of the molecule is Cc1cn(O)nc1[C@@H](N)C(=O)O. The first-order valence-corrected chi connectivity index (χ1v) is 3.26. The quantitative estimate of drug-likeness (QED) is 0.521. The molecule has 6 nitrogen and oxygen atoms in total. The number of aromatic nitrogens is 2. The molecular formula is C6H9N3O3. The van der Waals surface area contributed by atoms with Crippen molar-refractivity contribution in [2.75, 3.05) is 0 Å². The maximum atomic E-state index is 10.4. The number of aliphatic carboxylic acids is 1. The number of nitrogens with two attached hydrogens (primary N) is 1. The molecule has 1 atom stereocenters. The number of hydrogen-bond donors (Lipinski definition) is 3. The van der Waals surface area contributed by atoms with Gasteiger partial charge >= 0.3 is 5.97 Å². The summed E-state index contributed by atoms with van der Waals surface area (Å²) in [6.07, 6.45) is 1.29. The fourth-order valence-corrected chi connectivity index (χ4v) is 0.882. The molecule has 66 valence electrons. The zero-order valence-corrected chi connectivity index (χ0v) is 6.43. The van der Waals surface area contributed by atoms with Gasteiger partial charge in [0, 0.05) is 0 Å². The van der Waals surface area contributed by atoms with Gasteiger partial charge in [0.25, 0.3) is 0 Å². The minimum absolute atomic E-state index is 0.171. The Bertz CT molecular complexity index is 307. The maximum Gasteiger partial charge on any atom is 0.326 e. The van der Waals surface area contributed by atoms with Gasteiger partial charge in [-0.15, -0.1) is 9.94 Å². The van der Waals surface area contributed by atoms with Crippen LogP contribution in [0.25, 0.3) is 0 Å². The molecule has 0 bridgehead atoms. The van der Waals surface area contributed by atoms with Crippen molar-refractivity contribution in [1.82, 2.24) is 9.94 Å². The fraction of sp³-hybridized carbons (Fsp3) is 0.333. The predicted molar refractivity (Wildman–Crippen MR) is 38.7 cm³/mol. The van der Waals surface area contributed by atoms with E-state index in [1.54, 1.807) is 6.92 Å². The van der Waals surface area contributed by atoms with Crippen molar-refractivity contribution in [3.05, 3.63) is 17.5 Å². The van der Waals surface area contributed by atoms with E-state index in [0.29, 0.717) is 10.4 Å². The van der Waals surface area contributed by atoms with Crippen LogP contribution >= 0.6 is 0 Å². The third kappa shape index (κ3) is 1.37. The summed E-state index contributed by atoms with van der Waals surface area (Å²) >= 11 is 0. The van der Waals surface area contributed by atoms with E-state index in [4.69, 9.17) is 16.0 Å². The van der Waals surface area contributed by atoms with Gasteiger partial charge in [-0.1, -0.05) is 0 Å². The first-order chi connectivity index (χ1) is 5.52. The van der Waals surface area contributed by atoms with Gasteiger partial charge in [-0.2, -0.15) is 0 Å². The van der Waals surface area contributed by atoms with E-state index in [2.05, 4.69) is 5.10 Å². The molecule has 0 spiro atoms. The van der Waals surface area contributed by atoms with Crippen LogP contribution in [0, 0.1) is 6.92 Å². The van der Waals surface area contributed by atoms with Crippen LogP contribution < -0.4 is 5.73 Å². The minimum Gasteiger partial charge on any atom is -0.480 e. The molecule has 1 heterocycles. The highest BCUT2D eigenvalue weighted by Crippen LogP contribution is 2.12. The number of nitrogens with zero attached hydrogens (tertiary/aromatic N) is 2. The number of carboxylic acids is 1. The molecular weight excluding hydrogens is 162 g/mol. The molecule has 0 radical (unpaired) electrons. The van der Waals surface area contributed by atoms with Crippen LogP contribution in [0.5, 0.6) is 0 Å². The molecule has 6 heteroatoms. The Morgan fingerprint density at radius 1 is 1.83 bits per heavy atom. The zero-order valence-electron chi connectivity index (χ0n) is 6.43. The van der Waals surface area contributed by atoms with E-state index >= 15 is 0 Å². The van der Waals surface area contributed by atoms with E-state index in [9.17, 15) is 4.79 Å².